The fourth-order valence-corrected chi connectivity index (χ4v) is 4.96. The molecule has 2 N–H and O–H groups in total. The summed E-state index contributed by atoms with van der Waals surface area (Å²) >= 11 is 7.33. The number of thiazole rings is 1. The molecular formula is C23H22ClN3O2S. The van der Waals surface area contributed by atoms with Crippen molar-refractivity contribution in [1.29, 1.82) is 0 Å². The minimum Gasteiger partial charge on any atom is -0.325 e. The zero-order valence-corrected chi connectivity index (χ0v) is 18.4. The van der Waals surface area contributed by atoms with E-state index in [1.165, 1.54) is 11.3 Å². The van der Waals surface area contributed by atoms with Crippen molar-refractivity contribution in [1.82, 2.24) is 4.98 Å². The molecule has 2 amide bonds. The number of carbonyl (C=O) groups excluding carboxylic acids is 2. The summed E-state index contributed by atoms with van der Waals surface area (Å²) in [7, 11) is 0. The van der Waals surface area contributed by atoms with Gasteiger partial charge in [-0.3, -0.25) is 14.9 Å². The third-order valence-electron chi connectivity index (χ3n) is 5.09. The lowest BCUT2D eigenvalue weighted by Crippen LogP contribution is -2.24. The molecule has 0 saturated carbocycles. The first kappa shape index (κ1) is 20.6. The number of nitrogens with one attached hydrogen (secondary N) is 2. The first-order valence-corrected chi connectivity index (χ1v) is 11.0. The third-order valence-corrected chi connectivity index (χ3v) is 6.39. The average Bonchev–Trinajstić information content (AvgIpc) is 3.09. The number of halogens is 1. The van der Waals surface area contributed by atoms with Crippen molar-refractivity contribution >= 4 is 45.6 Å². The largest absolute Gasteiger partial charge is 0.325 e. The van der Waals surface area contributed by atoms with Gasteiger partial charge in [-0.1, -0.05) is 17.7 Å². The molecule has 1 atom stereocenters. The van der Waals surface area contributed by atoms with Gasteiger partial charge in [0.1, 0.15) is 0 Å². The molecule has 1 unspecified atom stereocenters. The van der Waals surface area contributed by atoms with Crippen LogP contribution in [0.4, 0.5) is 10.8 Å². The predicted octanol–water partition coefficient (Wildman–Crippen LogP) is 5.72. The highest BCUT2D eigenvalue weighted by Gasteiger charge is 2.30. The van der Waals surface area contributed by atoms with Crippen LogP contribution < -0.4 is 10.6 Å². The maximum Gasteiger partial charge on any atom is 0.257 e. The highest BCUT2D eigenvalue weighted by molar-refractivity contribution is 7.16. The molecule has 0 spiro atoms. The summed E-state index contributed by atoms with van der Waals surface area (Å²) in [4.78, 5) is 31.2. The summed E-state index contributed by atoms with van der Waals surface area (Å²) < 4.78 is 0. The quantitative estimate of drug-likeness (QED) is 0.545. The molecule has 1 heterocycles. The fourth-order valence-electron chi connectivity index (χ4n) is 3.77. The number of nitrogens with zero attached hydrogens (tertiary/aromatic N) is 1. The molecule has 0 saturated heterocycles. The van der Waals surface area contributed by atoms with Crippen LogP contribution in [0.15, 0.2) is 42.5 Å². The summed E-state index contributed by atoms with van der Waals surface area (Å²) in [6.45, 7) is 4.02. The minimum atomic E-state index is -0.313. The Labute approximate surface area is 184 Å². The third kappa shape index (κ3) is 4.55. The lowest BCUT2D eigenvalue weighted by atomic mass is 9.90. The first-order valence-electron chi connectivity index (χ1n) is 9.85. The summed E-state index contributed by atoms with van der Waals surface area (Å²) in [6, 6.07) is 12.7. The van der Waals surface area contributed by atoms with Gasteiger partial charge in [-0.25, -0.2) is 4.98 Å². The van der Waals surface area contributed by atoms with Gasteiger partial charge in [0.2, 0.25) is 5.91 Å². The van der Waals surface area contributed by atoms with Gasteiger partial charge >= 0.3 is 0 Å². The number of aromatic nitrogens is 1. The summed E-state index contributed by atoms with van der Waals surface area (Å²) in [5.74, 6) is -0.608. The van der Waals surface area contributed by atoms with E-state index in [4.69, 9.17) is 11.6 Å². The predicted molar refractivity (Wildman–Crippen MR) is 122 cm³/mol. The van der Waals surface area contributed by atoms with Crippen molar-refractivity contribution in [2.24, 2.45) is 0 Å². The normalized spacial score (nSPS) is 15.4. The van der Waals surface area contributed by atoms with E-state index in [1.54, 1.807) is 24.3 Å². The molecule has 0 fully saturated rings. The summed E-state index contributed by atoms with van der Waals surface area (Å²) in [5.41, 5.74) is 4.30. The number of carbonyl (C=O) groups is 2. The van der Waals surface area contributed by atoms with E-state index < -0.39 is 0 Å². The number of hydrogen-bond acceptors (Lipinski definition) is 4. The van der Waals surface area contributed by atoms with E-state index in [-0.39, 0.29) is 17.7 Å². The van der Waals surface area contributed by atoms with Gasteiger partial charge in [-0.05, 0) is 80.6 Å². The molecule has 4 rings (SSSR count). The van der Waals surface area contributed by atoms with Crippen LogP contribution in [0.2, 0.25) is 5.02 Å². The Bertz CT molecular complexity index is 1090. The second-order valence-corrected chi connectivity index (χ2v) is 9.12. The van der Waals surface area contributed by atoms with E-state index in [9.17, 15) is 9.59 Å². The number of anilines is 2. The maximum absolute atomic E-state index is 13.0. The van der Waals surface area contributed by atoms with Gasteiger partial charge in [0.05, 0.1) is 11.6 Å². The number of aryl methyl sites for hydroxylation is 3. The molecule has 0 aliphatic heterocycles. The Balaban J connectivity index is 1.51. The van der Waals surface area contributed by atoms with Gasteiger partial charge in [-0.2, -0.15) is 0 Å². The number of rotatable bonds is 4. The van der Waals surface area contributed by atoms with Crippen LogP contribution in [0.3, 0.4) is 0 Å². The van der Waals surface area contributed by atoms with Crippen molar-refractivity contribution in [2.75, 3.05) is 10.6 Å². The lowest BCUT2D eigenvalue weighted by molar-refractivity contribution is -0.117. The summed E-state index contributed by atoms with van der Waals surface area (Å²) in [5, 5.41) is 6.99. The zero-order valence-electron chi connectivity index (χ0n) is 16.8. The van der Waals surface area contributed by atoms with Crippen LogP contribution in [0, 0.1) is 13.8 Å². The molecular weight excluding hydrogens is 418 g/mol. The molecule has 3 aromatic rings. The average molecular weight is 440 g/mol. The number of hydrogen-bond donors (Lipinski definition) is 2. The Hall–Kier alpha value is -2.70. The molecule has 1 aromatic heterocycles. The Kier molecular flexibility index (Phi) is 5.88. The first-order chi connectivity index (χ1) is 14.4. The van der Waals surface area contributed by atoms with Crippen molar-refractivity contribution in [3.8, 4) is 0 Å². The van der Waals surface area contributed by atoms with Crippen molar-refractivity contribution in [2.45, 2.75) is 39.0 Å². The molecule has 0 radical (unpaired) electrons. The Morgan fingerprint density at radius 1 is 1.07 bits per heavy atom. The van der Waals surface area contributed by atoms with Gasteiger partial charge in [0, 0.05) is 21.2 Å². The highest BCUT2D eigenvalue weighted by Crippen LogP contribution is 2.37. The SMILES string of the molecule is Cc1cc(C)cc(NC(=O)C2CCCc3sc(NC(=O)c4ccc(Cl)cc4)nc32)c1. The lowest BCUT2D eigenvalue weighted by Gasteiger charge is -2.20. The summed E-state index contributed by atoms with van der Waals surface area (Å²) in [6.07, 6.45) is 2.54. The highest BCUT2D eigenvalue weighted by atomic mass is 35.5. The van der Waals surface area contributed by atoms with Crippen LogP contribution in [-0.4, -0.2) is 16.8 Å². The second kappa shape index (κ2) is 8.58. The van der Waals surface area contributed by atoms with Crippen LogP contribution in [0.5, 0.6) is 0 Å². The van der Waals surface area contributed by atoms with Crippen molar-refractivity contribution < 1.29 is 9.59 Å². The Morgan fingerprint density at radius 3 is 2.47 bits per heavy atom. The molecule has 2 aromatic carbocycles. The van der Waals surface area contributed by atoms with E-state index in [2.05, 4.69) is 21.7 Å². The molecule has 0 bridgehead atoms. The molecule has 7 heteroatoms. The zero-order chi connectivity index (χ0) is 21.3. The molecule has 1 aliphatic rings. The van der Waals surface area contributed by atoms with Gasteiger partial charge < -0.3 is 5.32 Å². The van der Waals surface area contributed by atoms with Crippen LogP contribution in [0.25, 0.3) is 0 Å². The minimum absolute atomic E-state index is 0.0539. The maximum atomic E-state index is 13.0. The monoisotopic (exact) mass is 439 g/mol. The van der Waals surface area contributed by atoms with Crippen molar-refractivity contribution in [3.05, 3.63) is 74.7 Å². The topological polar surface area (TPSA) is 71.1 Å². The van der Waals surface area contributed by atoms with E-state index in [1.807, 2.05) is 26.0 Å². The molecule has 154 valence electrons. The Morgan fingerprint density at radius 2 is 1.77 bits per heavy atom. The van der Waals surface area contributed by atoms with Gasteiger partial charge in [-0.15, -0.1) is 11.3 Å². The number of fused-ring (bicyclic) bond motifs is 1. The molecule has 1 aliphatic carbocycles. The number of benzene rings is 2. The fraction of sp³-hybridized carbons (Fsp3) is 0.261. The van der Waals surface area contributed by atoms with E-state index in [0.29, 0.717) is 15.7 Å². The molecule has 5 nitrogen and oxygen atoms in total. The van der Waals surface area contributed by atoms with Crippen LogP contribution >= 0.6 is 22.9 Å². The van der Waals surface area contributed by atoms with Gasteiger partial charge in [0.25, 0.3) is 5.91 Å². The van der Waals surface area contributed by atoms with Crippen LogP contribution in [0.1, 0.15) is 50.8 Å². The molecule has 30 heavy (non-hydrogen) atoms. The van der Waals surface area contributed by atoms with Crippen LogP contribution in [-0.2, 0) is 11.2 Å². The number of amides is 2. The van der Waals surface area contributed by atoms with Gasteiger partial charge in [0.15, 0.2) is 5.13 Å². The van der Waals surface area contributed by atoms with E-state index in [0.717, 1.165) is 46.6 Å². The van der Waals surface area contributed by atoms with Crippen molar-refractivity contribution in [3.63, 3.8) is 0 Å². The standard InChI is InChI=1S/C23H22ClN3O2S/c1-13-10-14(2)12-17(11-13)25-22(29)18-4-3-5-19-20(18)26-23(30-19)27-21(28)15-6-8-16(24)9-7-15/h6-12,18H,3-5H2,1-2H3,(H,25,29)(H,26,27,28). The van der Waals surface area contributed by atoms with E-state index >= 15 is 0 Å². The smallest absolute Gasteiger partial charge is 0.257 e. The second-order valence-electron chi connectivity index (χ2n) is 7.60.